The Balaban J connectivity index is 1.64. The number of carbonyl (C=O) groups is 1. The van der Waals surface area contributed by atoms with Crippen LogP contribution in [0.5, 0.6) is 5.75 Å². The fraction of sp³-hybridized carbons (Fsp3) is 0.654. The highest BCUT2D eigenvalue weighted by atomic mass is 32.2. The lowest BCUT2D eigenvalue weighted by Crippen LogP contribution is -2.40. The van der Waals surface area contributed by atoms with Crippen LogP contribution in [0.1, 0.15) is 52.9 Å². The molecule has 2 atom stereocenters. The van der Waals surface area contributed by atoms with Crippen LogP contribution in [0.15, 0.2) is 41.0 Å². The Morgan fingerprint density at radius 3 is 2.42 bits per heavy atom. The van der Waals surface area contributed by atoms with Gasteiger partial charge in [-0.1, -0.05) is 33.6 Å². The van der Waals surface area contributed by atoms with Crippen molar-refractivity contribution in [2.45, 2.75) is 70.1 Å². The summed E-state index contributed by atoms with van der Waals surface area (Å²) in [6.07, 6.45) is 5.94. The van der Waals surface area contributed by atoms with Crippen molar-refractivity contribution in [2.75, 3.05) is 33.4 Å². The summed E-state index contributed by atoms with van der Waals surface area (Å²) in [5.41, 5.74) is -0.106. The Morgan fingerprint density at radius 2 is 1.83 bits per heavy atom. The summed E-state index contributed by atoms with van der Waals surface area (Å²) in [5.74, 6) is 0.636. The molecule has 1 aliphatic carbocycles. The number of sulfonamides is 1. The van der Waals surface area contributed by atoms with Crippen LogP contribution in [-0.4, -0.2) is 69.5 Å². The Hall–Kier alpha value is -2.14. The number of amides is 1. The highest BCUT2D eigenvalue weighted by molar-refractivity contribution is 7.89. The second-order valence-electron chi connectivity index (χ2n) is 10.4. The predicted molar refractivity (Wildman–Crippen MR) is 136 cm³/mol. The van der Waals surface area contributed by atoms with Gasteiger partial charge in [0.05, 0.1) is 25.2 Å². The normalized spacial score (nSPS) is 21.2. The van der Waals surface area contributed by atoms with Gasteiger partial charge < -0.3 is 24.6 Å². The molecule has 36 heavy (non-hydrogen) atoms. The highest BCUT2D eigenvalue weighted by Gasteiger charge is 2.35. The van der Waals surface area contributed by atoms with E-state index in [-0.39, 0.29) is 60.2 Å². The van der Waals surface area contributed by atoms with Gasteiger partial charge in [-0.3, -0.25) is 4.79 Å². The van der Waals surface area contributed by atoms with Crippen molar-refractivity contribution in [1.29, 1.82) is 0 Å². The molecule has 3 rings (SSSR count). The molecule has 0 radical (unpaired) electrons. The van der Waals surface area contributed by atoms with Gasteiger partial charge in [-0.05, 0) is 54.5 Å². The molecule has 0 unspecified atom stereocenters. The summed E-state index contributed by atoms with van der Waals surface area (Å²) in [7, 11) is -2.33. The maximum absolute atomic E-state index is 13.1. The maximum Gasteiger partial charge on any atom is 0.286 e. The second-order valence-corrected chi connectivity index (χ2v) is 12.4. The third-order valence-corrected chi connectivity index (χ3v) is 8.69. The first-order valence-electron chi connectivity index (χ1n) is 12.6. The van der Waals surface area contributed by atoms with Crippen LogP contribution in [0.3, 0.4) is 0 Å². The lowest BCUT2D eigenvalue weighted by molar-refractivity contribution is -0.153. The second kappa shape index (κ2) is 12.4. The monoisotopic (exact) mass is 524 g/mol. The Kier molecular flexibility index (Phi) is 9.79. The molecule has 1 aliphatic heterocycles. The number of hydrogen-bond acceptors (Lipinski definition) is 7. The minimum atomic E-state index is -3.84. The molecule has 1 fully saturated rings. The van der Waals surface area contributed by atoms with Crippen molar-refractivity contribution in [3.05, 3.63) is 36.1 Å². The molecule has 202 valence electrons. The first kappa shape index (κ1) is 28.4. The number of nitrogens with one attached hydrogen (secondary N) is 1. The van der Waals surface area contributed by atoms with E-state index in [1.54, 1.807) is 12.1 Å². The largest absolute Gasteiger partial charge is 0.497 e. The average Bonchev–Trinajstić information content (AvgIpc) is 3.36. The van der Waals surface area contributed by atoms with Gasteiger partial charge in [0.1, 0.15) is 5.75 Å². The van der Waals surface area contributed by atoms with Crippen molar-refractivity contribution in [1.82, 2.24) is 9.62 Å². The number of aliphatic hydroxyl groups excluding tert-OH is 1. The number of nitrogens with zero attached hydrogens (tertiary/aromatic N) is 1. The molecule has 0 bridgehead atoms. The summed E-state index contributed by atoms with van der Waals surface area (Å²) in [6, 6.07) is 6.27. The lowest BCUT2D eigenvalue weighted by atomic mass is 9.77. The Labute approximate surface area is 214 Å². The lowest BCUT2D eigenvalue weighted by Gasteiger charge is -2.36. The summed E-state index contributed by atoms with van der Waals surface area (Å²) in [4.78, 5) is 13.0. The van der Waals surface area contributed by atoms with Crippen molar-refractivity contribution < 1.29 is 32.5 Å². The number of rotatable bonds is 11. The van der Waals surface area contributed by atoms with Crippen LogP contribution in [-0.2, 0) is 24.3 Å². The summed E-state index contributed by atoms with van der Waals surface area (Å²) >= 11 is 0. The first-order chi connectivity index (χ1) is 17.0. The van der Waals surface area contributed by atoms with Crippen molar-refractivity contribution in [2.24, 2.45) is 11.3 Å². The summed E-state index contributed by atoms with van der Waals surface area (Å²) < 4.78 is 44.4. The zero-order valence-corrected chi connectivity index (χ0v) is 22.6. The molecule has 1 amide bonds. The number of benzene rings is 1. The van der Waals surface area contributed by atoms with Crippen LogP contribution < -0.4 is 10.1 Å². The fourth-order valence-corrected chi connectivity index (χ4v) is 5.91. The molecule has 2 aliphatic rings. The van der Waals surface area contributed by atoms with Crippen molar-refractivity contribution in [3.63, 3.8) is 0 Å². The summed E-state index contributed by atoms with van der Waals surface area (Å²) in [6.45, 7) is 6.00. The van der Waals surface area contributed by atoms with E-state index in [9.17, 15) is 18.3 Å². The number of allylic oxidation sites excluding steroid dienone is 1. The summed E-state index contributed by atoms with van der Waals surface area (Å²) in [5, 5.41) is 12.5. The van der Waals surface area contributed by atoms with Gasteiger partial charge in [0.2, 0.25) is 16.3 Å². The van der Waals surface area contributed by atoms with Gasteiger partial charge in [0.25, 0.3) is 5.91 Å². The number of ether oxygens (including phenoxy) is 3. The zero-order chi connectivity index (χ0) is 26.3. The molecule has 2 N–H and O–H groups in total. The number of carbonyl (C=O) groups excluding carboxylic acids is 1. The van der Waals surface area contributed by atoms with Gasteiger partial charge in [0, 0.05) is 25.6 Å². The standard InChI is InChI=1S/C26H40N2O7S/c1-26(2,3)19-17-23(25(30)27-20-7-5-6-8-20)35-24(18-19)34-16-14-28(13-15-29)36(31,32)22-11-9-21(33-4)10-12-22/h9-12,17,19-20,24,29H,5-8,13-16,18H2,1-4H3,(H,27,30)/t19-,24+/m0/s1. The topological polar surface area (TPSA) is 114 Å². The van der Waals surface area contributed by atoms with Crippen LogP contribution in [0.2, 0.25) is 0 Å². The Morgan fingerprint density at radius 1 is 1.17 bits per heavy atom. The van der Waals surface area contributed by atoms with E-state index in [2.05, 4.69) is 26.1 Å². The third-order valence-electron chi connectivity index (χ3n) is 6.77. The molecule has 0 saturated heterocycles. The molecule has 1 aromatic carbocycles. The first-order valence-corrected chi connectivity index (χ1v) is 14.0. The van der Waals surface area contributed by atoms with Crippen LogP contribution >= 0.6 is 0 Å². The molecule has 1 aromatic rings. The average molecular weight is 525 g/mol. The molecule has 1 saturated carbocycles. The molecule has 10 heteroatoms. The van der Waals surface area contributed by atoms with E-state index in [1.807, 2.05) is 6.08 Å². The van der Waals surface area contributed by atoms with Crippen LogP contribution in [0.25, 0.3) is 0 Å². The molecule has 1 heterocycles. The van der Waals surface area contributed by atoms with E-state index in [0.29, 0.717) is 12.2 Å². The van der Waals surface area contributed by atoms with Crippen LogP contribution in [0, 0.1) is 11.3 Å². The van der Waals surface area contributed by atoms with Gasteiger partial charge in [-0.25, -0.2) is 8.42 Å². The zero-order valence-electron chi connectivity index (χ0n) is 21.7. The van der Waals surface area contributed by atoms with E-state index >= 15 is 0 Å². The Bertz CT molecular complexity index is 996. The van der Waals surface area contributed by atoms with E-state index in [4.69, 9.17) is 14.2 Å². The number of hydrogen-bond donors (Lipinski definition) is 2. The van der Waals surface area contributed by atoms with E-state index in [1.165, 1.54) is 23.5 Å². The smallest absolute Gasteiger partial charge is 0.286 e. The van der Waals surface area contributed by atoms with Crippen LogP contribution in [0.4, 0.5) is 0 Å². The fourth-order valence-electron chi connectivity index (χ4n) is 4.50. The van der Waals surface area contributed by atoms with E-state index in [0.717, 1.165) is 25.7 Å². The van der Waals surface area contributed by atoms with Crippen molar-refractivity contribution in [3.8, 4) is 5.75 Å². The number of methoxy groups -OCH3 is 1. The van der Waals surface area contributed by atoms with E-state index < -0.39 is 16.3 Å². The maximum atomic E-state index is 13.1. The SMILES string of the molecule is COc1ccc(S(=O)(=O)N(CCO)CCO[C@H]2C[C@@H](C(C)(C)C)C=C(C(=O)NC3CCCC3)O2)cc1. The molecule has 9 nitrogen and oxygen atoms in total. The quantitative estimate of drug-likeness (QED) is 0.457. The minimum Gasteiger partial charge on any atom is -0.497 e. The van der Waals surface area contributed by atoms with Gasteiger partial charge >= 0.3 is 0 Å². The van der Waals surface area contributed by atoms with Gasteiger partial charge in [-0.15, -0.1) is 0 Å². The minimum absolute atomic E-state index is 0.0300. The molecule has 0 aromatic heterocycles. The molecular formula is C26H40N2O7S. The predicted octanol–water partition coefficient (Wildman–Crippen LogP) is 3.05. The van der Waals surface area contributed by atoms with Crippen molar-refractivity contribution >= 4 is 15.9 Å². The number of aliphatic hydroxyl groups is 1. The molecular weight excluding hydrogens is 484 g/mol. The van der Waals surface area contributed by atoms with Gasteiger partial charge in [-0.2, -0.15) is 4.31 Å². The van der Waals surface area contributed by atoms with Gasteiger partial charge in [0.15, 0.2) is 5.76 Å². The third kappa shape index (κ3) is 7.44. The highest BCUT2D eigenvalue weighted by Crippen LogP contribution is 2.36. The molecule has 0 spiro atoms.